The Morgan fingerprint density at radius 1 is 1.33 bits per heavy atom. The minimum Gasteiger partial charge on any atom is -0.336 e. The minimum atomic E-state index is 0.0132. The summed E-state index contributed by atoms with van der Waals surface area (Å²) in [6.07, 6.45) is 0. The molecule has 0 aliphatic carbocycles. The maximum atomic E-state index is 11.5. The SMILES string of the molecule is Cc1cc(C(C)(C)C)ccc1C1CNC(=O)N1C. The lowest BCUT2D eigenvalue weighted by molar-refractivity contribution is 0.216. The number of aryl methyl sites for hydroxylation is 1. The maximum Gasteiger partial charge on any atom is 0.317 e. The van der Waals surface area contributed by atoms with E-state index in [2.05, 4.69) is 51.2 Å². The lowest BCUT2D eigenvalue weighted by Crippen LogP contribution is -2.25. The van der Waals surface area contributed by atoms with Crippen molar-refractivity contribution in [3.8, 4) is 0 Å². The Hall–Kier alpha value is -1.51. The van der Waals surface area contributed by atoms with Crippen molar-refractivity contribution >= 4 is 6.03 Å². The Balaban J connectivity index is 2.34. The van der Waals surface area contributed by atoms with Crippen molar-refractivity contribution in [3.05, 3.63) is 34.9 Å². The van der Waals surface area contributed by atoms with E-state index in [0.29, 0.717) is 6.54 Å². The molecule has 98 valence electrons. The van der Waals surface area contributed by atoms with Gasteiger partial charge in [-0.25, -0.2) is 4.79 Å². The first-order valence-corrected chi connectivity index (χ1v) is 6.42. The average molecular weight is 246 g/mol. The Labute approximate surface area is 109 Å². The first kappa shape index (κ1) is 12.9. The summed E-state index contributed by atoms with van der Waals surface area (Å²) in [4.78, 5) is 13.3. The first-order valence-electron chi connectivity index (χ1n) is 6.42. The van der Waals surface area contributed by atoms with Crippen LogP contribution in [0.5, 0.6) is 0 Å². The van der Waals surface area contributed by atoms with Gasteiger partial charge in [-0.05, 0) is 29.0 Å². The van der Waals surface area contributed by atoms with Gasteiger partial charge < -0.3 is 10.2 Å². The van der Waals surface area contributed by atoms with Gasteiger partial charge in [0, 0.05) is 13.6 Å². The Bertz CT molecular complexity index is 474. The molecule has 0 aromatic heterocycles. The summed E-state index contributed by atoms with van der Waals surface area (Å²) in [5.74, 6) is 0. The summed E-state index contributed by atoms with van der Waals surface area (Å²) >= 11 is 0. The molecule has 0 saturated carbocycles. The van der Waals surface area contributed by atoms with Crippen molar-refractivity contribution in [2.75, 3.05) is 13.6 Å². The van der Waals surface area contributed by atoms with E-state index in [4.69, 9.17) is 0 Å². The van der Waals surface area contributed by atoms with Gasteiger partial charge in [0.15, 0.2) is 0 Å². The zero-order valence-corrected chi connectivity index (χ0v) is 11.9. The van der Waals surface area contributed by atoms with Gasteiger partial charge in [-0.15, -0.1) is 0 Å². The van der Waals surface area contributed by atoms with E-state index >= 15 is 0 Å². The summed E-state index contributed by atoms with van der Waals surface area (Å²) in [5, 5.41) is 2.88. The number of likely N-dealkylation sites (N-methyl/N-ethyl adjacent to an activating group) is 1. The van der Waals surface area contributed by atoms with Gasteiger partial charge in [0.2, 0.25) is 0 Å². The zero-order chi connectivity index (χ0) is 13.5. The number of rotatable bonds is 1. The summed E-state index contributed by atoms with van der Waals surface area (Å²) < 4.78 is 0. The molecule has 1 N–H and O–H groups in total. The Morgan fingerprint density at radius 3 is 2.44 bits per heavy atom. The standard InChI is InChI=1S/C15H22N2O/c1-10-8-11(15(2,3)4)6-7-12(10)13-9-16-14(18)17(13)5/h6-8,13H,9H2,1-5H3,(H,16,18). The van der Waals surface area contributed by atoms with Crippen molar-refractivity contribution in [1.82, 2.24) is 10.2 Å². The molecule has 0 spiro atoms. The van der Waals surface area contributed by atoms with Crippen molar-refractivity contribution in [1.29, 1.82) is 0 Å². The van der Waals surface area contributed by atoms with Crippen molar-refractivity contribution in [2.24, 2.45) is 0 Å². The monoisotopic (exact) mass is 246 g/mol. The number of urea groups is 1. The fraction of sp³-hybridized carbons (Fsp3) is 0.533. The topological polar surface area (TPSA) is 32.3 Å². The molecule has 2 amide bonds. The third kappa shape index (κ3) is 2.22. The van der Waals surface area contributed by atoms with Gasteiger partial charge in [0.05, 0.1) is 6.04 Å². The number of amides is 2. The van der Waals surface area contributed by atoms with Crippen LogP contribution in [-0.2, 0) is 5.41 Å². The highest BCUT2D eigenvalue weighted by Gasteiger charge is 2.29. The van der Waals surface area contributed by atoms with Gasteiger partial charge in [-0.3, -0.25) is 0 Å². The molecule has 1 aromatic rings. The van der Waals surface area contributed by atoms with E-state index in [1.54, 1.807) is 4.90 Å². The molecule has 1 unspecified atom stereocenters. The highest BCUT2D eigenvalue weighted by Crippen LogP contribution is 2.30. The number of benzene rings is 1. The molecule has 1 aromatic carbocycles. The van der Waals surface area contributed by atoms with Crippen LogP contribution >= 0.6 is 0 Å². The molecule has 1 fully saturated rings. The lowest BCUT2D eigenvalue weighted by Gasteiger charge is -2.24. The van der Waals surface area contributed by atoms with Crippen LogP contribution in [-0.4, -0.2) is 24.5 Å². The van der Waals surface area contributed by atoms with Gasteiger partial charge in [-0.2, -0.15) is 0 Å². The lowest BCUT2D eigenvalue weighted by atomic mass is 9.84. The quantitative estimate of drug-likeness (QED) is 0.811. The van der Waals surface area contributed by atoms with E-state index in [0.717, 1.165) is 0 Å². The second kappa shape index (κ2) is 4.30. The largest absolute Gasteiger partial charge is 0.336 e. The van der Waals surface area contributed by atoms with Gasteiger partial charge in [0.1, 0.15) is 0 Å². The normalized spacial score (nSPS) is 20.2. The van der Waals surface area contributed by atoms with E-state index in [1.165, 1.54) is 16.7 Å². The van der Waals surface area contributed by atoms with E-state index in [1.807, 2.05) is 7.05 Å². The smallest absolute Gasteiger partial charge is 0.317 e. The number of hydrogen-bond acceptors (Lipinski definition) is 1. The maximum absolute atomic E-state index is 11.5. The van der Waals surface area contributed by atoms with Crippen LogP contribution in [0.2, 0.25) is 0 Å². The summed E-state index contributed by atoms with van der Waals surface area (Å²) in [6.45, 7) is 9.48. The number of carbonyl (C=O) groups is 1. The van der Waals surface area contributed by atoms with Gasteiger partial charge in [0.25, 0.3) is 0 Å². The summed E-state index contributed by atoms with van der Waals surface area (Å²) in [7, 11) is 1.85. The minimum absolute atomic E-state index is 0.0132. The van der Waals surface area contributed by atoms with Crippen molar-refractivity contribution in [3.63, 3.8) is 0 Å². The fourth-order valence-corrected chi connectivity index (χ4v) is 2.42. The molecule has 1 aliphatic heterocycles. The van der Waals surface area contributed by atoms with E-state index < -0.39 is 0 Å². The van der Waals surface area contributed by atoms with E-state index in [9.17, 15) is 4.79 Å². The number of nitrogens with zero attached hydrogens (tertiary/aromatic N) is 1. The summed E-state index contributed by atoms with van der Waals surface area (Å²) in [5.41, 5.74) is 4.00. The van der Waals surface area contributed by atoms with Crippen LogP contribution in [0.3, 0.4) is 0 Å². The molecular weight excluding hydrogens is 224 g/mol. The van der Waals surface area contributed by atoms with Gasteiger partial charge in [-0.1, -0.05) is 39.0 Å². The Kier molecular flexibility index (Phi) is 3.09. The average Bonchev–Trinajstić information content (AvgIpc) is 2.59. The van der Waals surface area contributed by atoms with Crippen LogP contribution in [0.1, 0.15) is 43.5 Å². The molecule has 3 heteroatoms. The molecule has 0 radical (unpaired) electrons. The molecular formula is C15H22N2O. The zero-order valence-electron chi connectivity index (χ0n) is 11.9. The molecule has 0 bridgehead atoms. The highest BCUT2D eigenvalue weighted by atomic mass is 16.2. The van der Waals surface area contributed by atoms with E-state index in [-0.39, 0.29) is 17.5 Å². The Morgan fingerprint density at radius 2 is 2.00 bits per heavy atom. The summed E-state index contributed by atoms with van der Waals surface area (Å²) in [6, 6.07) is 6.76. The molecule has 1 aliphatic rings. The molecule has 3 nitrogen and oxygen atoms in total. The molecule has 1 heterocycles. The van der Waals surface area contributed by atoms with Crippen molar-refractivity contribution in [2.45, 2.75) is 39.2 Å². The highest BCUT2D eigenvalue weighted by molar-refractivity contribution is 5.77. The number of carbonyl (C=O) groups excluding carboxylic acids is 1. The molecule has 1 atom stereocenters. The third-order valence-electron chi connectivity index (χ3n) is 3.73. The predicted molar refractivity (Wildman–Crippen MR) is 73.8 cm³/mol. The van der Waals surface area contributed by atoms with Crippen LogP contribution in [0.15, 0.2) is 18.2 Å². The second-order valence-corrected chi connectivity index (χ2v) is 6.13. The van der Waals surface area contributed by atoms with Crippen LogP contribution < -0.4 is 5.32 Å². The van der Waals surface area contributed by atoms with Crippen LogP contribution in [0.25, 0.3) is 0 Å². The number of nitrogens with one attached hydrogen (secondary N) is 1. The van der Waals surface area contributed by atoms with Crippen LogP contribution in [0.4, 0.5) is 4.79 Å². The number of hydrogen-bond donors (Lipinski definition) is 1. The van der Waals surface area contributed by atoms with Crippen molar-refractivity contribution < 1.29 is 4.79 Å². The fourth-order valence-electron chi connectivity index (χ4n) is 2.42. The van der Waals surface area contributed by atoms with Crippen LogP contribution in [0, 0.1) is 6.92 Å². The molecule has 18 heavy (non-hydrogen) atoms. The first-order chi connectivity index (χ1) is 8.30. The second-order valence-electron chi connectivity index (χ2n) is 6.13. The third-order valence-corrected chi connectivity index (χ3v) is 3.73. The molecule has 2 rings (SSSR count). The molecule has 1 saturated heterocycles. The predicted octanol–water partition coefficient (Wildman–Crippen LogP) is 2.99. The van der Waals surface area contributed by atoms with Gasteiger partial charge >= 0.3 is 6.03 Å².